The molecule has 1 rings (SSSR count). The van der Waals surface area contributed by atoms with Gasteiger partial charge in [0.05, 0.1) is 5.33 Å². The average molecular weight is 230 g/mol. The van der Waals surface area contributed by atoms with Gasteiger partial charge in [0.25, 0.3) is 0 Å². The molecule has 0 aliphatic rings. The van der Waals surface area contributed by atoms with Crippen molar-refractivity contribution < 1.29 is 4.79 Å². The second-order valence-electron chi connectivity index (χ2n) is 2.42. The van der Waals surface area contributed by atoms with Crippen molar-refractivity contribution in [3.05, 3.63) is 33.7 Å². The van der Waals surface area contributed by atoms with Crippen molar-refractivity contribution in [1.29, 1.82) is 0 Å². The highest BCUT2D eigenvalue weighted by Gasteiger charge is 2.06. The van der Waals surface area contributed by atoms with Gasteiger partial charge in [-0.25, -0.2) is 0 Å². The number of carbonyl (C=O) groups excluding carboxylic acids is 1. The third kappa shape index (κ3) is 1.82. The van der Waals surface area contributed by atoms with E-state index in [0.717, 1.165) is 0 Å². The Bertz CT molecular complexity index is 356. The average Bonchev–Trinajstić information content (AvgIpc) is 2.03. The largest absolute Gasteiger partial charge is 0.326 e. The van der Waals surface area contributed by atoms with Crippen LogP contribution >= 0.6 is 15.9 Å². The van der Waals surface area contributed by atoms with Gasteiger partial charge in [0.15, 0.2) is 5.78 Å². The lowest BCUT2D eigenvalue weighted by Crippen LogP contribution is -2.11. The first-order valence-corrected chi connectivity index (χ1v) is 4.56. The molecule has 1 N–H and O–H groups in total. The molecule has 0 unspecified atom stereocenters. The Morgan fingerprint density at radius 3 is 2.75 bits per heavy atom. The number of ketones is 1. The van der Waals surface area contributed by atoms with Crippen LogP contribution in [0.4, 0.5) is 0 Å². The van der Waals surface area contributed by atoms with Crippen LogP contribution in [-0.2, 0) is 0 Å². The number of halogens is 1. The van der Waals surface area contributed by atoms with Gasteiger partial charge in [0, 0.05) is 17.3 Å². The van der Waals surface area contributed by atoms with E-state index < -0.39 is 0 Å². The normalized spacial score (nSPS) is 9.83. The van der Waals surface area contributed by atoms with E-state index in [0.29, 0.717) is 11.3 Å². The Hall–Kier alpha value is -0.900. The van der Waals surface area contributed by atoms with Crippen LogP contribution in [0.3, 0.4) is 0 Å². The van der Waals surface area contributed by atoms with E-state index in [1.165, 1.54) is 12.1 Å². The maximum atomic E-state index is 11.2. The summed E-state index contributed by atoms with van der Waals surface area (Å²) >= 11 is 3.06. The fraction of sp³-hybridized carbons (Fsp3) is 0.250. The molecule has 4 heteroatoms. The highest BCUT2D eigenvalue weighted by Crippen LogP contribution is 2.04. The monoisotopic (exact) mass is 229 g/mol. The molecule has 0 aliphatic heterocycles. The number of pyridine rings is 1. The fourth-order valence-corrected chi connectivity index (χ4v) is 1.25. The summed E-state index contributed by atoms with van der Waals surface area (Å²) in [6.07, 6.45) is 0. The van der Waals surface area contributed by atoms with Crippen LogP contribution in [0.25, 0.3) is 0 Å². The number of rotatable bonds is 2. The predicted octanol–water partition coefficient (Wildman–Crippen LogP) is 1.26. The number of alkyl halides is 1. The van der Waals surface area contributed by atoms with Gasteiger partial charge in [-0.15, -0.1) is 0 Å². The van der Waals surface area contributed by atoms with Crippen molar-refractivity contribution in [3.63, 3.8) is 0 Å². The second kappa shape index (κ2) is 3.67. The van der Waals surface area contributed by atoms with Gasteiger partial charge in [-0.1, -0.05) is 15.9 Å². The first kappa shape index (κ1) is 9.19. The smallest absolute Gasteiger partial charge is 0.248 e. The number of hydrogen-bond acceptors (Lipinski definition) is 2. The lowest BCUT2D eigenvalue weighted by molar-refractivity contribution is 0.102. The molecule has 3 nitrogen and oxygen atoms in total. The highest BCUT2D eigenvalue weighted by atomic mass is 79.9. The maximum absolute atomic E-state index is 11.2. The van der Waals surface area contributed by atoms with Crippen LogP contribution in [-0.4, -0.2) is 16.1 Å². The number of aromatic amines is 1. The summed E-state index contributed by atoms with van der Waals surface area (Å²) in [5, 5.41) is 0.278. The van der Waals surface area contributed by atoms with E-state index in [2.05, 4.69) is 20.9 Å². The molecule has 0 atom stereocenters. The zero-order valence-corrected chi connectivity index (χ0v) is 8.14. The molecule has 1 heterocycles. The fourth-order valence-electron chi connectivity index (χ4n) is 0.952. The Morgan fingerprint density at radius 2 is 2.25 bits per heavy atom. The Balaban J connectivity index is 3.18. The predicted molar refractivity (Wildman–Crippen MR) is 49.9 cm³/mol. The van der Waals surface area contributed by atoms with Crippen molar-refractivity contribution in [1.82, 2.24) is 4.98 Å². The molecule has 0 saturated heterocycles. The number of carbonyl (C=O) groups is 1. The second-order valence-corrected chi connectivity index (χ2v) is 2.98. The molecule has 12 heavy (non-hydrogen) atoms. The van der Waals surface area contributed by atoms with Gasteiger partial charge in [-0.05, 0) is 13.0 Å². The van der Waals surface area contributed by atoms with E-state index in [1.807, 2.05) is 0 Å². The van der Waals surface area contributed by atoms with Crippen LogP contribution in [0.5, 0.6) is 0 Å². The number of nitrogens with one attached hydrogen (secondary N) is 1. The zero-order valence-electron chi connectivity index (χ0n) is 6.56. The Morgan fingerprint density at radius 1 is 1.58 bits per heavy atom. The third-order valence-electron chi connectivity index (χ3n) is 1.54. The van der Waals surface area contributed by atoms with Gasteiger partial charge in [-0.2, -0.15) is 0 Å². The molecule has 0 saturated carbocycles. The van der Waals surface area contributed by atoms with Crippen molar-refractivity contribution in [2.24, 2.45) is 0 Å². The van der Waals surface area contributed by atoms with Crippen LogP contribution in [0.15, 0.2) is 16.9 Å². The summed E-state index contributed by atoms with van der Waals surface area (Å²) in [5.74, 6) is -0.0243. The molecule has 0 bridgehead atoms. The summed E-state index contributed by atoms with van der Waals surface area (Å²) in [4.78, 5) is 24.5. The summed E-state index contributed by atoms with van der Waals surface area (Å²) in [5.41, 5.74) is 0.997. The van der Waals surface area contributed by atoms with E-state index in [4.69, 9.17) is 0 Å². The summed E-state index contributed by atoms with van der Waals surface area (Å²) in [6, 6.07) is 2.89. The number of Topliss-reactive ketones (excluding diaryl/α,β-unsaturated/α-hetero) is 1. The molecular formula is C8H8BrNO2. The number of aryl methyl sites for hydroxylation is 1. The lowest BCUT2D eigenvalue weighted by atomic mass is 10.1. The Labute approximate surface area is 77.9 Å². The molecule has 0 amide bonds. The van der Waals surface area contributed by atoms with E-state index in [9.17, 15) is 9.59 Å². The summed E-state index contributed by atoms with van der Waals surface area (Å²) in [7, 11) is 0. The van der Waals surface area contributed by atoms with Gasteiger partial charge >= 0.3 is 0 Å². The van der Waals surface area contributed by atoms with Crippen molar-refractivity contribution in [2.45, 2.75) is 6.92 Å². The topological polar surface area (TPSA) is 49.9 Å². The van der Waals surface area contributed by atoms with Crippen LogP contribution < -0.4 is 5.56 Å². The number of hydrogen-bond donors (Lipinski definition) is 1. The molecule has 1 aromatic heterocycles. The van der Waals surface area contributed by atoms with E-state index in [-0.39, 0.29) is 16.7 Å². The molecule has 0 aliphatic carbocycles. The zero-order chi connectivity index (χ0) is 9.14. The van der Waals surface area contributed by atoms with Crippen molar-refractivity contribution >= 4 is 21.7 Å². The minimum Gasteiger partial charge on any atom is -0.326 e. The lowest BCUT2D eigenvalue weighted by Gasteiger charge is -1.99. The molecule has 64 valence electrons. The number of aromatic nitrogens is 1. The van der Waals surface area contributed by atoms with Gasteiger partial charge < -0.3 is 4.98 Å². The molecule has 0 fully saturated rings. The maximum Gasteiger partial charge on any atom is 0.248 e. The van der Waals surface area contributed by atoms with E-state index >= 15 is 0 Å². The Kier molecular flexibility index (Phi) is 2.81. The minimum absolute atomic E-state index is 0.0243. The molecule has 0 radical (unpaired) electrons. The van der Waals surface area contributed by atoms with Crippen molar-refractivity contribution in [3.8, 4) is 0 Å². The first-order valence-electron chi connectivity index (χ1n) is 3.44. The van der Waals surface area contributed by atoms with Crippen LogP contribution in [0.1, 0.15) is 16.1 Å². The summed E-state index contributed by atoms with van der Waals surface area (Å²) < 4.78 is 0. The third-order valence-corrected chi connectivity index (χ3v) is 2.05. The number of H-pyrrole nitrogens is 1. The summed E-state index contributed by atoms with van der Waals surface area (Å²) in [6.45, 7) is 1.71. The standard InChI is InChI=1S/C8H8BrNO2/c1-5-6(7(11)4-9)2-3-8(12)10-5/h2-3H,4H2,1H3,(H,10,12). The molecule has 0 aromatic carbocycles. The quantitative estimate of drug-likeness (QED) is 0.614. The SMILES string of the molecule is Cc1[nH]c(=O)ccc1C(=O)CBr. The van der Waals surface area contributed by atoms with E-state index in [1.54, 1.807) is 6.92 Å². The molecule has 1 aromatic rings. The van der Waals surface area contributed by atoms with Gasteiger partial charge in [0.2, 0.25) is 5.56 Å². The van der Waals surface area contributed by atoms with Crippen LogP contribution in [0, 0.1) is 6.92 Å². The van der Waals surface area contributed by atoms with Gasteiger partial charge in [-0.3, -0.25) is 9.59 Å². The van der Waals surface area contributed by atoms with Crippen molar-refractivity contribution in [2.75, 3.05) is 5.33 Å². The molecular weight excluding hydrogens is 222 g/mol. The first-order chi connectivity index (χ1) is 5.65. The van der Waals surface area contributed by atoms with Crippen LogP contribution in [0.2, 0.25) is 0 Å². The van der Waals surface area contributed by atoms with Gasteiger partial charge in [0.1, 0.15) is 0 Å². The minimum atomic E-state index is -0.182. The highest BCUT2D eigenvalue weighted by molar-refractivity contribution is 9.09. The molecule has 0 spiro atoms.